The van der Waals surface area contributed by atoms with Crippen LogP contribution in [0.25, 0.3) is 0 Å². The van der Waals surface area contributed by atoms with Gasteiger partial charge in [-0.15, -0.1) is 0 Å². The Morgan fingerprint density at radius 2 is 2.00 bits per heavy atom. The van der Waals surface area contributed by atoms with E-state index >= 15 is 0 Å². The van der Waals surface area contributed by atoms with Crippen LogP contribution in [-0.2, 0) is 9.09 Å². The molecule has 1 unspecified atom stereocenters. The largest absolute Gasteiger partial charge is 0.317 e. The minimum atomic E-state index is -2.63. The van der Waals surface area contributed by atoms with Crippen LogP contribution in [0.3, 0.4) is 0 Å². The summed E-state index contributed by atoms with van der Waals surface area (Å²) in [4.78, 5) is 0. The molecule has 0 spiro atoms. The molecule has 0 N–H and O–H groups in total. The summed E-state index contributed by atoms with van der Waals surface area (Å²) in [5, 5.41) is -0.275. The van der Waals surface area contributed by atoms with Gasteiger partial charge < -0.3 is 4.52 Å². The molecule has 0 aromatic carbocycles. The van der Waals surface area contributed by atoms with Crippen molar-refractivity contribution in [1.82, 2.24) is 4.67 Å². The second-order valence-corrected chi connectivity index (χ2v) is 8.89. The fraction of sp³-hybridized carbons (Fsp3) is 1.00. The van der Waals surface area contributed by atoms with Crippen LogP contribution in [-0.4, -0.2) is 29.5 Å². The quantitative estimate of drug-likeness (QED) is 0.685. The lowest BCUT2D eigenvalue weighted by Crippen LogP contribution is -2.38. The number of hydrogen-bond acceptors (Lipinski definition) is 2. The lowest BCUT2D eigenvalue weighted by atomic mass is 10.2. The molecule has 0 aromatic heterocycles. The highest BCUT2D eigenvalue weighted by Gasteiger charge is 2.45. The first-order chi connectivity index (χ1) is 6.77. The molecule has 3 nitrogen and oxygen atoms in total. The first-order valence-electron chi connectivity index (χ1n) is 5.77. The molecule has 0 aromatic rings. The average Bonchev–Trinajstić information content (AvgIpc) is 2.06. The van der Waals surface area contributed by atoms with Crippen molar-refractivity contribution in [2.75, 3.05) is 19.7 Å². The third-order valence-corrected chi connectivity index (χ3v) is 5.96. The lowest BCUT2D eigenvalue weighted by molar-refractivity contribution is 0.184. The summed E-state index contributed by atoms with van der Waals surface area (Å²) < 4.78 is 20.5. The minimum absolute atomic E-state index is 0.275. The predicted octanol–water partition coefficient (Wildman–Crippen LogP) is 3.36. The number of nitrogens with zero attached hydrogens (tertiary/aromatic N) is 1. The van der Waals surface area contributed by atoms with Gasteiger partial charge in [0, 0.05) is 13.1 Å². The molecule has 0 bridgehead atoms. The molecule has 1 heterocycles. The lowest BCUT2D eigenvalue weighted by Gasteiger charge is -2.42. The van der Waals surface area contributed by atoms with Gasteiger partial charge in [-0.3, -0.25) is 4.57 Å². The molecule has 4 heteroatoms. The van der Waals surface area contributed by atoms with E-state index in [1.165, 1.54) is 0 Å². The van der Waals surface area contributed by atoms with Gasteiger partial charge in [0.05, 0.1) is 11.8 Å². The molecule has 0 aliphatic carbocycles. The van der Waals surface area contributed by atoms with Crippen molar-refractivity contribution < 1.29 is 9.09 Å². The van der Waals surface area contributed by atoms with Gasteiger partial charge in [0.1, 0.15) is 0 Å². The van der Waals surface area contributed by atoms with Gasteiger partial charge in [-0.25, -0.2) is 4.67 Å². The number of rotatable bonds is 2. The van der Waals surface area contributed by atoms with E-state index in [9.17, 15) is 4.57 Å². The zero-order valence-corrected chi connectivity index (χ0v) is 11.5. The van der Waals surface area contributed by atoms with Crippen LogP contribution in [0.4, 0.5) is 0 Å². The van der Waals surface area contributed by atoms with E-state index in [0.717, 1.165) is 19.5 Å². The Labute approximate surface area is 93.7 Å². The van der Waals surface area contributed by atoms with Crippen LogP contribution >= 0.6 is 7.52 Å². The van der Waals surface area contributed by atoms with Gasteiger partial charge in [0.25, 0.3) is 7.52 Å². The van der Waals surface area contributed by atoms with Gasteiger partial charge >= 0.3 is 0 Å². The molecule has 1 fully saturated rings. The third-order valence-electron chi connectivity index (χ3n) is 2.62. The highest BCUT2D eigenvalue weighted by molar-refractivity contribution is 7.58. The van der Waals surface area contributed by atoms with Gasteiger partial charge in [-0.1, -0.05) is 13.8 Å². The Morgan fingerprint density at radius 3 is 2.47 bits per heavy atom. The maximum absolute atomic E-state index is 12.8. The van der Waals surface area contributed by atoms with E-state index in [0.29, 0.717) is 12.5 Å². The smallest absolute Gasteiger partial charge is 0.277 e. The van der Waals surface area contributed by atoms with Crippen LogP contribution < -0.4 is 0 Å². The van der Waals surface area contributed by atoms with Gasteiger partial charge in [-0.2, -0.15) is 0 Å². The maximum Gasteiger partial charge on any atom is 0.277 e. The Morgan fingerprint density at radius 1 is 1.40 bits per heavy atom. The van der Waals surface area contributed by atoms with Gasteiger partial charge in [0.15, 0.2) is 0 Å². The van der Waals surface area contributed by atoms with Crippen LogP contribution in [0.2, 0.25) is 0 Å². The summed E-state index contributed by atoms with van der Waals surface area (Å²) in [6, 6.07) is 0. The first kappa shape index (κ1) is 13.2. The molecule has 1 saturated heterocycles. The Balaban J connectivity index is 2.87. The van der Waals surface area contributed by atoms with Crippen LogP contribution in [0.1, 0.15) is 41.0 Å². The predicted molar refractivity (Wildman–Crippen MR) is 64.3 cm³/mol. The molecular formula is C11H24NO2P. The van der Waals surface area contributed by atoms with E-state index in [2.05, 4.69) is 18.5 Å². The molecule has 15 heavy (non-hydrogen) atoms. The first-order valence-corrected chi connectivity index (χ1v) is 7.35. The van der Waals surface area contributed by atoms with E-state index < -0.39 is 7.52 Å². The van der Waals surface area contributed by atoms with E-state index in [-0.39, 0.29) is 5.16 Å². The molecule has 1 aliphatic rings. The summed E-state index contributed by atoms with van der Waals surface area (Å²) >= 11 is 0. The minimum Gasteiger partial charge on any atom is -0.317 e. The molecule has 0 radical (unpaired) electrons. The van der Waals surface area contributed by atoms with Crippen LogP contribution in [0, 0.1) is 5.92 Å². The van der Waals surface area contributed by atoms with Gasteiger partial charge in [-0.05, 0) is 33.1 Å². The topological polar surface area (TPSA) is 29.5 Å². The zero-order valence-electron chi connectivity index (χ0n) is 10.6. The Kier molecular flexibility index (Phi) is 4.02. The fourth-order valence-electron chi connectivity index (χ4n) is 1.89. The highest BCUT2D eigenvalue weighted by Crippen LogP contribution is 2.63. The molecule has 90 valence electrons. The van der Waals surface area contributed by atoms with Crippen LogP contribution in [0.5, 0.6) is 0 Å². The van der Waals surface area contributed by atoms with Crippen molar-refractivity contribution in [2.24, 2.45) is 5.92 Å². The summed E-state index contributed by atoms with van der Waals surface area (Å²) in [5.74, 6) is 0.530. The summed E-state index contributed by atoms with van der Waals surface area (Å²) in [6.45, 7) is 12.7. The van der Waals surface area contributed by atoms with Crippen molar-refractivity contribution in [3.8, 4) is 0 Å². The van der Waals surface area contributed by atoms with Crippen molar-refractivity contribution >= 4 is 7.52 Å². The van der Waals surface area contributed by atoms with E-state index in [4.69, 9.17) is 4.52 Å². The van der Waals surface area contributed by atoms with Gasteiger partial charge in [0.2, 0.25) is 0 Å². The molecule has 0 saturated carbocycles. The zero-order chi connectivity index (χ0) is 11.7. The second kappa shape index (κ2) is 4.57. The fourth-order valence-corrected chi connectivity index (χ4v) is 4.61. The summed E-state index contributed by atoms with van der Waals surface area (Å²) in [5.41, 5.74) is 0. The van der Waals surface area contributed by atoms with Crippen molar-refractivity contribution in [2.45, 2.75) is 46.2 Å². The standard InChI is InChI=1S/C11H24NO2P/c1-10(2)9-12-7-6-8-14-15(12,13)11(3,4)5/h10H,6-9H2,1-5H3. The maximum atomic E-state index is 12.8. The van der Waals surface area contributed by atoms with Crippen molar-refractivity contribution in [1.29, 1.82) is 0 Å². The highest BCUT2D eigenvalue weighted by atomic mass is 31.2. The molecule has 1 aliphatic heterocycles. The summed E-state index contributed by atoms with van der Waals surface area (Å²) in [6.07, 6.45) is 0.993. The molecule has 0 amide bonds. The van der Waals surface area contributed by atoms with E-state index in [1.54, 1.807) is 0 Å². The summed E-state index contributed by atoms with van der Waals surface area (Å²) in [7, 11) is -2.63. The normalized spacial score (nSPS) is 29.7. The molecule has 1 rings (SSSR count). The number of hydrogen-bond donors (Lipinski definition) is 0. The second-order valence-electron chi connectivity index (χ2n) is 5.68. The SMILES string of the molecule is CC(C)CN1CCCOP1(=O)C(C)(C)C. The van der Waals surface area contributed by atoms with E-state index in [1.807, 2.05) is 20.8 Å². The Bertz CT molecular complexity index is 258. The third kappa shape index (κ3) is 2.83. The van der Waals surface area contributed by atoms with Crippen molar-refractivity contribution in [3.05, 3.63) is 0 Å². The molecular weight excluding hydrogens is 209 g/mol. The average molecular weight is 233 g/mol. The van der Waals surface area contributed by atoms with Crippen LogP contribution in [0.15, 0.2) is 0 Å². The Hall–Kier alpha value is 0.150. The monoisotopic (exact) mass is 233 g/mol. The van der Waals surface area contributed by atoms with Crippen molar-refractivity contribution in [3.63, 3.8) is 0 Å². The molecule has 1 atom stereocenters.